The molecule has 1 saturated heterocycles. The zero-order valence-electron chi connectivity index (χ0n) is 13.2. The molecule has 0 amide bonds. The number of aliphatic hydroxyl groups is 1. The van der Waals surface area contributed by atoms with Gasteiger partial charge in [0.15, 0.2) is 0 Å². The molecule has 3 atom stereocenters. The highest BCUT2D eigenvalue weighted by molar-refractivity contribution is 5.23. The molecule has 2 heterocycles. The fraction of sp³-hybridized carbons (Fsp3) is 0.529. The fourth-order valence-corrected chi connectivity index (χ4v) is 2.97. The molecular formula is C17H24N4O. The number of aryl methyl sites for hydroxylation is 1. The molecular weight excluding hydrogens is 276 g/mol. The van der Waals surface area contributed by atoms with Crippen LogP contribution in [-0.4, -0.2) is 33.2 Å². The van der Waals surface area contributed by atoms with Crippen LogP contribution in [0.25, 0.3) is 0 Å². The molecule has 5 heteroatoms. The number of hydrogen-bond acceptors (Lipinski definition) is 4. The summed E-state index contributed by atoms with van der Waals surface area (Å²) in [7, 11) is 0. The Morgan fingerprint density at radius 1 is 1.32 bits per heavy atom. The first-order valence-electron chi connectivity index (χ1n) is 8.02. The van der Waals surface area contributed by atoms with E-state index in [0.29, 0.717) is 5.92 Å². The number of nitrogens with one attached hydrogen (secondary N) is 1. The first kappa shape index (κ1) is 15.2. The van der Waals surface area contributed by atoms with Crippen LogP contribution in [0.15, 0.2) is 30.5 Å². The van der Waals surface area contributed by atoms with Gasteiger partial charge in [0.2, 0.25) is 0 Å². The van der Waals surface area contributed by atoms with Crippen LogP contribution in [0.5, 0.6) is 0 Å². The molecule has 0 bridgehead atoms. The first-order chi connectivity index (χ1) is 10.6. The average Bonchev–Trinajstić information content (AvgIpc) is 3.05. The summed E-state index contributed by atoms with van der Waals surface area (Å²) in [6.45, 7) is 6.07. The summed E-state index contributed by atoms with van der Waals surface area (Å²) in [5.41, 5.74) is 3.13. The Labute approximate surface area is 131 Å². The highest BCUT2D eigenvalue weighted by atomic mass is 16.3. The Morgan fingerprint density at radius 2 is 2.09 bits per heavy atom. The molecule has 2 N–H and O–H groups in total. The van der Waals surface area contributed by atoms with Crippen molar-refractivity contribution in [2.45, 2.75) is 44.8 Å². The molecule has 0 aliphatic carbocycles. The zero-order chi connectivity index (χ0) is 15.5. The van der Waals surface area contributed by atoms with Crippen LogP contribution in [0.1, 0.15) is 54.6 Å². The summed E-state index contributed by atoms with van der Waals surface area (Å²) in [5.74, 6) is 0.436. The molecule has 0 saturated carbocycles. The summed E-state index contributed by atoms with van der Waals surface area (Å²) in [6, 6.07) is 7.84. The van der Waals surface area contributed by atoms with Gasteiger partial charge in [-0.05, 0) is 38.8 Å². The van der Waals surface area contributed by atoms with E-state index in [1.165, 1.54) is 12.0 Å². The predicted molar refractivity (Wildman–Crippen MR) is 85.7 cm³/mol. The molecule has 0 radical (unpaired) electrons. The van der Waals surface area contributed by atoms with Crippen molar-refractivity contribution in [3.8, 4) is 0 Å². The number of aliphatic hydroxyl groups excluding tert-OH is 1. The Morgan fingerprint density at radius 3 is 2.77 bits per heavy atom. The van der Waals surface area contributed by atoms with E-state index in [1.54, 1.807) is 4.68 Å². The molecule has 1 aliphatic rings. The molecule has 1 aromatic carbocycles. The number of piperidine rings is 1. The van der Waals surface area contributed by atoms with Crippen molar-refractivity contribution in [3.63, 3.8) is 0 Å². The Bertz CT molecular complexity index is 601. The van der Waals surface area contributed by atoms with Gasteiger partial charge in [0.1, 0.15) is 6.10 Å². The van der Waals surface area contributed by atoms with Gasteiger partial charge < -0.3 is 10.4 Å². The molecule has 3 unspecified atom stereocenters. The number of hydrogen-bond donors (Lipinski definition) is 2. The van der Waals surface area contributed by atoms with E-state index in [4.69, 9.17) is 0 Å². The molecule has 1 aromatic heterocycles. The molecule has 0 spiro atoms. The lowest BCUT2D eigenvalue weighted by atomic mass is 9.97. The van der Waals surface area contributed by atoms with Crippen molar-refractivity contribution < 1.29 is 5.11 Å². The third-order valence-electron chi connectivity index (χ3n) is 4.54. The molecule has 5 nitrogen and oxygen atoms in total. The van der Waals surface area contributed by atoms with Crippen LogP contribution in [0, 0.1) is 6.92 Å². The highest BCUT2D eigenvalue weighted by Gasteiger charge is 2.22. The first-order valence-corrected chi connectivity index (χ1v) is 8.02. The van der Waals surface area contributed by atoms with Gasteiger partial charge in [0.25, 0.3) is 0 Å². The highest BCUT2D eigenvalue weighted by Crippen LogP contribution is 2.27. The maximum absolute atomic E-state index is 10.6. The van der Waals surface area contributed by atoms with Gasteiger partial charge in [-0.15, -0.1) is 5.10 Å². The summed E-state index contributed by atoms with van der Waals surface area (Å²) in [4.78, 5) is 0. The van der Waals surface area contributed by atoms with Gasteiger partial charge >= 0.3 is 0 Å². The Hall–Kier alpha value is -1.72. The van der Waals surface area contributed by atoms with E-state index in [2.05, 4.69) is 15.6 Å². The molecule has 1 aliphatic heterocycles. The van der Waals surface area contributed by atoms with Crippen molar-refractivity contribution in [2.24, 2.45) is 0 Å². The van der Waals surface area contributed by atoms with E-state index in [0.717, 1.165) is 30.8 Å². The van der Waals surface area contributed by atoms with Crippen molar-refractivity contribution in [3.05, 3.63) is 47.3 Å². The van der Waals surface area contributed by atoms with Crippen LogP contribution >= 0.6 is 0 Å². The third kappa shape index (κ3) is 3.20. The lowest BCUT2D eigenvalue weighted by Crippen LogP contribution is -2.28. The van der Waals surface area contributed by atoms with E-state index in [9.17, 15) is 5.11 Å². The van der Waals surface area contributed by atoms with E-state index >= 15 is 0 Å². The van der Waals surface area contributed by atoms with Crippen molar-refractivity contribution >= 4 is 0 Å². The fourth-order valence-electron chi connectivity index (χ4n) is 2.97. The second-order valence-electron chi connectivity index (χ2n) is 6.26. The van der Waals surface area contributed by atoms with Gasteiger partial charge in [0.05, 0.1) is 11.7 Å². The van der Waals surface area contributed by atoms with Crippen LogP contribution in [-0.2, 0) is 0 Å². The van der Waals surface area contributed by atoms with Crippen molar-refractivity contribution in [2.75, 3.05) is 13.1 Å². The number of benzene rings is 1. The number of aromatic nitrogens is 3. The lowest BCUT2D eigenvalue weighted by molar-refractivity contribution is 0.114. The Balaban J connectivity index is 1.72. The molecule has 1 fully saturated rings. The van der Waals surface area contributed by atoms with Crippen LogP contribution in [0.3, 0.4) is 0 Å². The quantitative estimate of drug-likeness (QED) is 0.910. The number of rotatable bonds is 4. The van der Waals surface area contributed by atoms with E-state index < -0.39 is 6.10 Å². The topological polar surface area (TPSA) is 63.0 Å². The maximum Gasteiger partial charge on any atom is 0.101 e. The van der Waals surface area contributed by atoms with Gasteiger partial charge in [-0.1, -0.05) is 35.0 Å². The minimum atomic E-state index is -0.584. The number of nitrogens with zero attached hydrogens (tertiary/aromatic N) is 3. The monoisotopic (exact) mass is 300 g/mol. The Kier molecular flexibility index (Phi) is 4.55. The van der Waals surface area contributed by atoms with Crippen LogP contribution in [0.2, 0.25) is 0 Å². The third-order valence-corrected chi connectivity index (χ3v) is 4.54. The second-order valence-corrected chi connectivity index (χ2v) is 6.26. The van der Waals surface area contributed by atoms with Crippen LogP contribution < -0.4 is 5.32 Å². The molecule has 3 rings (SSSR count). The lowest BCUT2D eigenvalue weighted by Gasteiger charge is -2.21. The normalized spacial score (nSPS) is 21.5. The van der Waals surface area contributed by atoms with Gasteiger partial charge in [0, 0.05) is 18.7 Å². The maximum atomic E-state index is 10.6. The van der Waals surface area contributed by atoms with Gasteiger partial charge in [-0.3, -0.25) is 0 Å². The van der Waals surface area contributed by atoms with E-state index in [-0.39, 0.29) is 6.04 Å². The van der Waals surface area contributed by atoms with E-state index in [1.807, 2.05) is 44.3 Å². The van der Waals surface area contributed by atoms with Crippen molar-refractivity contribution in [1.82, 2.24) is 20.3 Å². The second kappa shape index (κ2) is 6.58. The summed E-state index contributed by atoms with van der Waals surface area (Å²) in [5, 5.41) is 22.5. The molecule has 22 heavy (non-hydrogen) atoms. The predicted octanol–water partition coefficient (Wildman–Crippen LogP) is 2.35. The minimum absolute atomic E-state index is 0.138. The van der Waals surface area contributed by atoms with Crippen LogP contribution in [0.4, 0.5) is 0 Å². The SMILES string of the molecule is Cc1ccc(C(O)C(C)n2cc(C3CCCNC3)nn2)cc1. The molecule has 118 valence electrons. The standard InChI is InChI=1S/C17H24N4O/c1-12-5-7-14(8-6-12)17(22)13(2)21-11-16(19-20-21)15-4-3-9-18-10-15/h5-8,11,13,15,17-18,22H,3-4,9-10H2,1-2H3. The summed E-state index contributed by atoms with van der Waals surface area (Å²) >= 11 is 0. The smallest absolute Gasteiger partial charge is 0.101 e. The summed E-state index contributed by atoms with van der Waals surface area (Å²) < 4.78 is 1.79. The van der Waals surface area contributed by atoms with Gasteiger partial charge in [-0.25, -0.2) is 4.68 Å². The largest absolute Gasteiger partial charge is 0.386 e. The average molecular weight is 300 g/mol. The summed E-state index contributed by atoms with van der Waals surface area (Å²) in [6.07, 6.45) is 3.74. The van der Waals surface area contributed by atoms with Crippen molar-refractivity contribution in [1.29, 1.82) is 0 Å². The zero-order valence-corrected chi connectivity index (χ0v) is 13.2. The van der Waals surface area contributed by atoms with Gasteiger partial charge in [-0.2, -0.15) is 0 Å². The molecule has 2 aromatic rings. The minimum Gasteiger partial charge on any atom is -0.386 e.